The third-order valence-corrected chi connectivity index (χ3v) is 1.98. The van der Waals surface area contributed by atoms with Crippen LogP contribution in [0.4, 0.5) is 4.39 Å². The molecule has 0 aliphatic heterocycles. The van der Waals surface area contributed by atoms with Crippen molar-refractivity contribution < 1.29 is 9.18 Å². The molecule has 0 fully saturated rings. The van der Waals surface area contributed by atoms with Gasteiger partial charge < -0.3 is 5.41 Å². The molecule has 0 aliphatic carbocycles. The van der Waals surface area contributed by atoms with E-state index in [1.54, 1.807) is 24.3 Å². The number of alkyl halides is 1. The number of hydrogen-bond acceptors (Lipinski definition) is 2. The van der Waals surface area contributed by atoms with Crippen molar-refractivity contribution in [3.05, 3.63) is 35.4 Å². The van der Waals surface area contributed by atoms with Gasteiger partial charge in [-0.2, -0.15) is 0 Å². The molecule has 14 heavy (non-hydrogen) atoms. The summed E-state index contributed by atoms with van der Waals surface area (Å²) in [5.74, 6) is -0.488. The lowest BCUT2D eigenvalue weighted by Gasteiger charge is -2.05. The number of halogens is 1. The fraction of sp³-hybridized carbons (Fsp3) is 0.273. The Morgan fingerprint density at radius 3 is 2.57 bits per heavy atom. The number of nitrogens with one attached hydrogen (secondary N) is 1. The normalized spacial score (nSPS) is 12.1. The van der Waals surface area contributed by atoms with Crippen molar-refractivity contribution >= 4 is 12.0 Å². The molecule has 0 saturated carbocycles. The van der Waals surface area contributed by atoms with E-state index in [0.717, 1.165) is 5.56 Å². The lowest BCUT2D eigenvalue weighted by molar-refractivity contribution is -0.113. The number of Topliss-reactive ketones (excluding diaryl/α,β-unsaturated/α-hetero) is 1. The van der Waals surface area contributed by atoms with Crippen LogP contribution in [0, 0.1) is 12.3 Å². The fourth-order valence-electron chi connectivity index (χ4n) is 1.13. The molecule has 0 amide bonds. The van der Waals surface area contributed by atoms with Crippen molar-refractivity contribution in [1.82, 2.24) is 0 Å². The quantitative estimate of drug-likeness (QED) is 0.733. The standard InChI is InChI=1S/C11H12FNO/c1-8-2-4-9(5-3-8)11(12)6-10(14)7-13/h2-5,7,11,13H,6H2,1H3. The average molecular weight is 193 g/mol. The molecule has 74 valence electrons. The summed E-state index contributed by atoms with van der Waals surface area (Å²) in [7, 11) is 0. The predicted octanol–water partition coefficient (Wildman–Crippen LogP) is 2.61. The van der Waals surface area contributed by atoms with Crippen molar-refractivity contribution in [3.63, 3.8) is 0 Å². The summed E-state index contributed by atoms with van der Waals surface area (Å²) in [6.07, 6.45) is -0.891. The fourth-order valence-corrected chi connectivity index (χ4v) is 1.13. The first-order chi connectivity index (χ1) is 6.63. The van der Waals surface area contributed by atoms with Crippen LogP contribution in [-0.4, -0.2) is 12.0 Å². The Morgan fingerprint density at radius 2 is 2.07 bits per heavy atom. The van der Waals surface area contributed by atoms with Crippen LogP contribution in [0.5, 0.6) is 0 Å². The zero-order chi connectivity index (χ0) is 10.6. The van der Waals surface area contributed by atoms with Gasteiger partial charge in [-0.1, -0.05) is 29.8 Å². The monoisotopic (exact) mass is 193 g/mol. The number of ketones is 1. The van der Waals surface area contributed by atoms with Gasteiger partial charge in [0.05, 0.1) is 6.21 Å². The third kappa shape index (κ3) is 2.76. The van der Waals surface area contributed by atoms with Gasteiger partial charge in [0.2, 0.25) is 0 Å². The Bertz CT molecular complexity index is 332. The van der Waals surface area contributed by atoms with Crippen LogP contribution in [0.15, 0.2) is 24.3 Å². The number of hydrogen-bond donors (Lipinski definition) is 1. The van der Waals surface area contributed by atoms with Gasteiger partial charge in [-0.25, -0.2) is 4.39 Å². The lowest BCUT2D eigenvalue weighted by atomic mass is 10.0. The molecule has 0 radical (unpaired) electrons. The molecule has 1 rings (SSSR count). The second-order valence-corrected chi connectivity index (χ2v) is 3.19. The highest BCUT2D eigenvalue weighted by Crippen LogP contribution is 2.21. The van der Waals surface area contributed by atoms with Gasteiger partial charge in [0.1, 0.15) is 6.17 Å². The van der Waals surface area contributed by atoms with E-state index in [0.29, 0.717) is 11.8 Å². The molecule has 0 heterocycles. The highest BCUT2D eigenvalue weighted by molar-refractivity contribution is 6.26. The number of aryl methyl sites for hydroxylation is 1. The Labute approximate surface area is 82.3 Å². The Balaban J connectivity index is 2.69. The minimum Gasteiger partial charge on any atom is -0.305 e. The maximum atomic E-state index is 13.4. The first kappa shape index (κ1) is 10.6. The summed E-state index contributed by atoms with van der Waals surface area (Å²) in [6.45, 7) is 1.92. The van der Waals surface area contributed by atoms with Crippen molar-refractivity contribution in [2.24, 2.45) is 0 Å². The van der Waals surface area contributed by atoms with Gasteiger partial charge in [0, 0.05) is 6.42 Å². The van der Waals surface area contributed by atoms with Crippen LogP contribution in [-0.2, 0) is 4.79 Å². The van der Waals surface area contributed by atoms with E-state index < -0.39 is 12.0 Å². The van der Waals surface area contributed by atoms with Crippen molar-refractivity contribution in [3.8, 4) is 0 Å². The third-order valence-electron chi connectivity index (χ3n) is 1.98. The van der Waals surface area contributed by atoms with Crippen LogP contribution in [0.25, 0.3) is 0 Å². The SMILES string of the molecule is Cc1ccc(C(F)CC(=O)C=N)cc1. The maximum Gasteiger partial charge on any atom is 0.176 e. The van der Waals surface area contributed by atoms with E-state index in [1.165, 1.54) is 0 Å². The van der Waals surface area contributed by atoms with E-state index in [1.807, 2.05) is 6.92 Å². The number of rotatable bonds is 4. The van der Waals surface area contributed by atoms with Gasteiger partial charge in [-0.15, -0.1) is 0 Å². The minimum atomic E-state index is -1.30. The van der Waals surface area contributed by atoms with Crippen molar-refractivity contribution in [1.29, 1.82) is 5.41 Å². The van der Waals surface area contributed by atoms with E-state index in [9.17, 15) is 9.18 Å². The molecule has 0 aromatic heterocycles. The molecule has 0 saturated heterocycles. The van der Waals surface area contributed by atoms with Gasteiger partial charge >= 0.3 is 0 Å². The maximum absolute atomic E-state index is 13.4. The topological polar surface area (TPSA) is 40.9 Å². The van der Waals surface area contributed by atoms with E-state index in [2.05, 4.69) is 0 Å². The van der Waals surface area contributed by atoms with Crippen molar-refractivity contribution in [2.75, 3.05) is 0 Å². The molecule has 0 aliphatic rings. The summed E-state index contributed by atoms with van der Waals surface area (Å²) < 4.78 is 13.4. The van der Waals surface area contributed by atoms with Crippen LogP contribution < -0.4 is 0 Å². The average Bonchev–Trinajstić information content (AvgIpc) is 2.18. The first-order valence-electron chi connectivity index (χ1n) is 4.37. The summed E-state index contributed by atoms with van der Waals surface area (Å²) in [5.41, 5.74) is 1.55. The molecule has 0 spiro atoms. The lowest BCUT2D eigenvalue weighted by Crippen LogP contribution is -2.03. The Kier molecular flexibility index (Phi) is 3.51. The minimum absolute atomic E-state index is 0.243. The van der Waals surface area contributed by atoms with E-state index in [4.69, 9.17) is 5.41 Å². The summed E-state index contributed by atoms with van der Waals surface area (Å²) in [4.78, 5) is 10.8. The smallest absolute Gasteiger partial charge is 0.176 e. The molecule has 1 unspecified atom stereocenters. The highest BCUT2D eigenvalue weighted by Gasteiger charge is 2.12. The largest absolute Gasteiger partial charge is 0.305 e. The van der Waals surface area contributed by atoms with Gasteiger partial charge in [-0.3, -0.25) is 4.79 Å². The van der Waals surface area contributed by atoms with Crippen LogP contribution in [0.1, 0.15) is 23.7 Å². The molecular weight excluding hydrogens is 181 g/mol. The molecule has 2 nitrogen and oxygen atoms in total. The summed E-state index contributed by atoms with van der Waals surface area (Å²) in [5, 5.41) is 6.66. The molecule has 1 N–H and O–H groups in total. The summed E-state index contributed by atoms with van der Waals surface area (Å²) in [6, 6.07) is 6.93. The number of carbonyl (C=O) groups is 1. The molecular formula is C11H12FNO. The van der Waals surface area contributed by atoms with Crippen LogP contribution in [0.3, 0.4) is 0 Å². The molecule has 1 atom stereocenters. The van der Waals surface area contributed by atoms with Crippen LogP contribution in [0.2, 0.25) is 0 Å². The zero-order valence-corrected chi connectivity index (χ0v) is 7.96. The molecule has 1 aromatic carbocycles. The van der Waals surface area contributed by atoms with Gasteiger partial charge in [-0.05, 0) is 12.5 Å². The van der Waals surface area contributed by atoms with Crippen molar-refractivity contribution in [2.45, 2.75) is 19.5 Å². The second-order valence-electron chi connectivity index (χ2n) is 3.19. The van der Waals surface area contributed by atoms with E-state index in [-0.39, 0.29) is 6.42 Å². The van der Waals surface area contributed by atoms with Crippen LogP contribution >= 0.6 is 0 Å². The zero-order valence-electron chi connectivity index (χ0n) is 7.96. The predicted molar refractivity (Wildman–Crippen MR) is 53.4 cm³/mol. The first-order valence-corrected chi connectivity index (χ1v) is 4.37. The Morgan fingerprint density at radius 1 is 1.50 bits per heavy atom. The van der Waals surface area contributed by atoms with E-state index >= 15 is 0 Å². The second kappa shape index (κ2) is 4.65. The Hall–Kier alpha value is -1.51. The highest BCUT2D eigenvalue weighted by atomic mass is 19.1. The van der Waals surface area contributed by atoms with Gasteiger partial charge in [0.15, 0.2) is 5.78 Å². The molecule has 1 aromatic rings. The van der Waals surface area contributed by atoms with Gasteiger partial charge in [0.25, 0.3) is 0 Å². The number of carbonyl (C=O) groups excluding carboxylic acids is 1. The molecule has 3 heteroatoms. The summed E-state index contributed by atoms with van der Waals surface area (Å²) >= 11 is 0. The number of benzene rings is 1. The molecule has 0 bridgehead atoms.